The van der Waals surface area contributed by atoms with Crippen LogP contribution in [-0.2, 0) is 4.12 Å². The molecule has 0 unspecified atom stereocenters. The van der Waals surface area contributed by atoms with E-state index in [-0.39, 0.29) is 0 Å². The Labute approximate surface area is 77.1 Å². The van der Waals surface area contributed by atoms with Crippen LogP contribution in [0.4, 0.5) is 0 Å². The van der Waals surface area contributed by atoms with E-state index in [1.165, 1.54) is 0 Å². The Morgan fingerprint density at radius 3 is 1.55 bits per heavy atom. The summed E-state index contributed by atoms with van der Waals surface area (Å²) in [6, 6.07) is 2.05. The quantitative estimate of drug-likeness (QED) is 0.510. The Morgan fingerprint density at radius 1 is 1.09 bits per heavy atom. The van der Waals surface area contributed by atoms with Gasteiger partial charge in [-0.05, 0) is 31.7 Å². The van der Waals surface area contributed by atoms with Crippen molar-refractivity contribution in [2.24, 2.45) is 0 Å². The van der Waals surface area contributed by atoms with Gasteiger partial charge in [-0.1, -0.05) is 13.8 Å². The molecule has 1 nitrogen and oxygen atoms in total. The van der Waals surface area contributed by atoms with E-state index in [4.69, 9.17) is 15.2 Å². The van der Waals surface area contributed by atoms with Crippen LogP contribution < -0.4 is 0 Å². The van der Waals surface area contributed by atoms with E-state index < -0.39 is 15.9 Å². The Balaban J connectivity index is 4.08. The zero-order valence-corrected chi connectivity index (χ0v) is 11.0. The van der Waals surface area contributed by atoms with E-state index in [2.05, 4.69) is 33.5 Å². The van der Waals surface area contributed by atoms with Crippen LogP contribution in [-0.4, -0.2) is 15.9 Å². The minimum absolute atomic E-state index is 1.02. The van der Waals surface area contributed by atoms with Crippen LogP contribution in [0.3, 0.4) is 0 Å². The molecule has 0 heterocycles. The summed E-state index contributed by atoms with van der Waals surface area (Å²) in [4.78, 5) is 0. The lowest BCUT2D eigenvalue weighted by Gasteiger charge is -2.30. The van der Waals surface area contributed by atoms with Crippen molar-refractivity contribution >= 4 is 27.0 Å². The molecule has 0 radical (unpaired) electrons. The first-order valence-electron chi connectivity index (χ1n) is 4.22. The van der Waals surface area contributed by atoms with Crippen molar-refractivity contribution in [2.45, 2.75) is 45.6 Å². The molecule has 0 saturated heterocycles. The van der Waals surface area contributed by atoms with Gasteiger partial charge in [0.15, 0.2) is 8.32 Å². The molecule has 0 amide bonds. The summed E-state index contributed by atoms with van der Waals surface area (Å²) in [5.74, 6) is 0. The van der Waals surface area contributed by atoms with Gasteiger partial charge in [0.1, 0.15) is 0 Å². The second-order valence-electron chi connectivity index (χ2n) is 3.80. The molecule has 0 rings (SSSR count). The van der Waals surface area contributed by atoms with E-state index >= 15 is 0 Å². The third kappa shape index (κ3) is 5.01. The highest BCUT2D eigenvalue weighted by Crippen LogP contribution is 2.25. The molecular weight excluding hydrogens is 192 g/mol. The van der Waals surface area contributed by atoms with Crippen molar-refractivity contribution in [2.75, 3.05) is 0 Å². The summed E-state index contributed by atoms with van der Waals surface area (Å²) in [7, 11) is -3.20. The molecule has 0 atom stereocenters. The normalized spacial score (nSPS) is 13.6. The molecule has 4 heteroatoms. The largest absolute Gasteiger partial charge is 0.445 e. The maximum absolute atomic E-state index is 6.34. The van der Waals surface area contributed by atoms with Crippen LogP contribution in [0.15, 0.2) is 0 Å². The van der Waals surface area contributed by atoms with Gasteiger partial charge in [0.2, 0.25) is 0 Å². The standard InChI is InChI=1S/C7H19ClOSi2/c1-6-11(8,7-2)9-10(3,4)5/h6-7H2,1-5H3. The molecule has 0 aliphatic heterocycles. The van der Waals surface area contributed by atoms with E-state index in [0.29, 0.717) is 0 Å². The molecule has 0 aromatic rings. The SMILES string of the molecule is CC[Si](Cl)(CC)O[Si](C)(C)C. The molecule has 68 valence electrons. The minimum Gasteiger partial charge on any atom is -0.445 e. The van der Waals surface area contributed by atoms with Gasteiger partial charge in [-0.25, -0.2) is 0 Å². The van der Waals surface area contributed by atoms with Crippen LogP contribution in [0.2, 0.25) is 31.7 Å². The summed E-state index contributed by atoms with van der Waals surface area (Å²) in [5.41, 5.74) is 0. The Kier molecular flexibility index (Phi) is 4.33. The van der Waals surface area contributed by atoms with Gasteiger partial charge in [-0.15, -0.1) is 11.1 Å². The second kappa shape index (κ2) is 4.07. The van der Waals surface area contributed by atoms with Crippen molar-refractivity contribution in [3.05, 3.63) is 0 Å². The highest BCUT2D eigenvalue weighted by atomic mass is 35.6. The maximum atomic E-state index is 6.34. The van der Waals surface area contributed by atoms with E-state index in [0.717, 1.165) is 12.1 Å². The fourth-order valence-corrected chi connectivity index (χ4v) is 9.07. The highest BCUT2D eigenvalue weighted by Gasteiger charge is 2.33. The zero-order chi connectivity index (χ0) is 9.12. The molecule has 0 N–H and O–H groups in total. The number of hydrogen-bond acceptors (Lipinski definition) is 1. The second-order valence-corrected chi connectivity index (χ2v) is 14.1. The average Bonchev–Trinajstić information content (AvgIpc) is 1.84. The Bertz CT molecular complexity index is 118. The number of rotatable bonds is 4. The average molecular weight is 211 g/mol. The fourth-order valence-electron chi connectivity index (χ4n) is 0.943. The van der Waals surface area contributed by atoms with Crippen molar-refractivity contribution < 1.29 is 4.12 Å². The van der Waals surface area contributed by atoms with Crippen LogP contribution in [0.5, 0.6) is 0 Å². The van der Waals surface area contributed by atoms with E-state index in [9.17, 15) is 0 Å². The first-order valence-corrected chi connectivity index (χ1v) is 11.0. The molecule has 0 aromatic carbocycles. The monoisotopic (exact) mass is 210 g/mol. The van der Waals surface area contributed by atoms with Crippen LogP contribution in [0.25, 0.3) is 0 Å². The van der Waals surface area contributed by atoms with Crippen LogP contribution >= 0.6 is 11.1 Å². The molecule has 0 aliphatic carbocycles. The van der Waals surface area contributed by atoms with Gasteiger partial charge in [0, 0.05) is 0 Å². The molecule has 0 bridgehead atoms. The Morgan fingerprint density at radius 2 is 1.45 bits per heavy atom. The fraction of sp³-hybridized carbons (Fsp3) is 1.00. The summed E-state index contributed by atoms with van der Waals surface area (Å²) in [6.07, 6.45) is 0. The van der Waals surface area contributed by atoms with Crippen molar-refractivity contribution in [3.63, 3.8) is 0 Å². The Hall–Kier alpha value is 0.684. The highest BCUT2D eigenvalue weighted by molar-refractivity contribution is 7.19. The molecular formula is C7H19ClOSi2. The first kappa shape index (κ1) is 11.7. The van der Waals surface area contributed by atoms with E-state index in [1.54, 1.807) is 0 Å². The lowest BCUT2D eigenvalue weighted by Crippen LogP contribution is -2.41. The molecule has 0 spiro atoms. The summed E-state index contributed by atoms with van der Waals surface area (Å²) < 4.78 is 5.97. The summed E-state index contributed by atoms with van der Waals surface area (Å²) in [5, 5.41) is 0. The van der Waals surface area contributed by atoms with Gasteiger partial charge >= 0.3 is 0 Å². The lowest BCUT2D eigenvalue weighted by molar-refractivity contribution is 0.558. The topological polar surface area (TPSA) is 9.23 Å². The summed E-state index contributed by atoms with van der Waals surface area (Å²) >= 11 is 6.34. The van der Waals surface area contributed by atoms with Gasteiger partial charge in [-0.2, -0.15) is 0 Å². The van der Waals surface area contributed by atoms with Crippen LogP contribution in [0, 0.1) is 0 Å². The number of hydrogen-bond donors (Lipinski definition) is 0. The first-order chi connectivity index (χ1) is 4.83. The predicted molar refractivity (Wildman–Crippen MR) is 57.0 cm³/mol. The molecule has 0 fully saturated rings. The zero-order valence-electron chi connectivity index (χ0n) is 8.20. The van der Waals surface area contributed by atoms with Crippen molar-refractivity contribution in [3.8, 4) is 0 Å². The van der Waals surface area contributed by atoms with Gasteiger partial charge in [-0.3, -0.25) is 0 Å². The van der Waals surface area contributed by atoms with Crippen molar-refractivity contribution in [1.82, 2.24) is 0 Å². The predicted octanol–water partition coefficient (Wildman–Crippen LogP) is 3.56. The van der Waals surface area contributed by atoms with Gasteiger partial charge < -0.3 is 4.12 Å². The van der Waals surface area contributed by atoms with E-state index in [1.807, 2.05) is 0 Å². The molecule has 0 aromatic heterocycles. The van der Waals surface area contributed by atoms with Gasteiger partial charge in [0.05, 0.1) is 0 Å². The molecule has 11 heavy (non-hydrogen) atoms. The summed E-state index contributed by atoms with van der Waals surface area (Å²) in [6.45, 7) is 10.8. The van der Waals surface area contributed by atoms with Crippen LogP contribution in [0.1, 0.15) is 13.8 Å². The maximum Gasteiger partial charge on any atom is 0.279 e. The minimum atomic E-state index is -1.80. The molecule has 0 saturated carbocycles. The van der Waals surface area contributed by atoms with Gasteiger partial charge in [0.25, 0.3) is 7.63 Å². The third-order valence-electron chi connectivity index (χ3n) is 1.55. The lowest BCUT2D eigenvalue weighted by atomic mass is 11.0. The third-order valence-corrected chi connectivity index (χ3v) is 9.87. The number of halogens is 1. The molecule has 0 aliphatic rings. The van der Waals surface area contributed by atoms with Crippen molar-refractivity contribution in [1.29, 1.82) is 0 Å². The smallest absolute Gasteiger partial charge is 0.279 e.